The molecule has 1 heterocycles. The molecule has 1 amide bonds. The zero-order valence-corrected chi connectivity index (χ0v) is 21.0. The van der Waals surface area contributed by atoms with Crippen LogP contribution in [0.5, 0.6) is 11.5 Å². The SMILES string of the molecule is CCOC(=O)C1CCN(C(=O)CC(NS(=O)(=O)c2ccc(OC)cc2)c2ccc(OC)cc2)CC1. The van der Waals surface area contributed by atoms with Gasteiger partial charge in [0.25, 0.3) is 0 Å². The zero-order valence-electron chi connectivity index (χ0n) is 20.2. The van der Waals surface area contributed by atoms with Gasteiger partial charge in [0.2, 0.25) is 15.9 Å². The number of esters is 1. The number of likely N-dealkylation sites (tertiary alicyclic amines) is 1. The maximum Gasteiger partial charge on any atom is 0.309 e. The fourth-order valence-electron chi connectivity index (χ4n) is 4.00. The number of ether oxygens (including phenoxy) is 3. The van der Waals surface area contributed by atoms with E-state index in [1.54, 1.807) is 55.3 Å². The van der Waals surface area contributed by atoms with E-state index in [9.17, 15) is 18.0 Å². The number of rotatable bonds is 10. The summed E-state index contributed by atoms with van der Waals surface area (Å²) >= 11 is 0. The Kier molecular flexibility index (Phi) is 9.11. The molecule has 2 aromatic rings. The molecule has 10 heteroatoms. The standard InChI is InChI=1S/C25H32N2O7S/c1-4-34-25(29)19-13-15-27(16-14-19)24(28)17-23(18-5-7-20(32-2)8-6-18)26-35(30,31)22-11-9-21(33-3)10-12-22/h5-12,19,23,26H,4,13-17H2,1-3H3. The minimum absolute atomic E-state index is 0.0637. The van der Waals surface area contributed by atoms with Crippen molar-refractivity contribution in [3.8, 4) is 11.5 Å². The number of hydrogen-bond acceptors (Lipinski definition) is 7. The van der Waals surface area contributed by atoms with Gasteiger partial charge < -0.3 is 19.1 Å². The van der Waals surface area contributed by atoms with Crippen molar-refractivity contribution in [2.75, 3.05) is 33.9 Å². The largest absolute Gasteiger partial charge is 0.497 e. The lowest BCUT2D eigenvalue weighted by Crippen LogP contribution is -2.42. The van der Waals surface area contributed by atoms with Crippen molar-refractivity contribution in [2.24, 2.45) is 5.92 Å². The van der Waals surface area contributed by atoms with Gasteiger partial charge in [0, 0.05) is 19.5 Å². The summed E-state index contributed by atoms with van der Waals surface area (Å²) in [6.45, 7) is 2.93. The predicted octanol–water partition coefficient (Wildman–Crippen LogP) is 2.92. The number of carbonyl (C=O) groups is 2. The monoisotopic (exact) mass is 504 g/mol. The lowest BCUT2D eigenvalue weighted by atomic mass is 9.96. The van der Waals surface area contributed by atoms with Crippen LogP contribution in [0.1, 0.15) is 37.8 Å². The normalized spacial score (nSPS) is 15.3. The van der Waals surface area contributed by atoms with E-state index in [0.29, 0.717) is 49.6 Å². The van der Waals surface area contributed by atoms with Crippen LogP contribution in [0, 0.1) is 5.92 Å². The molecule has 0 aliphatic carbocycles. The van der Waals surface area contributed by atoms with Crippen molar-refractivity contribution in [2.45, 2.75) is 37.1 Å². The molecule has 1 N–H and O–H groups in total. The molecular formula is C25H32N2O7S. The molecule has 0 saturated carbocycles. The van der Waals surface area contributed by atoms with Gasteiger partial charge >= 0.3 is 5.97 Å². The summed E-state index contributed by atoms with van der Waals surface area (Å²) in [7, 11) is -0.873. The van der Waals surface area contributed by atoms with Gasteiger partial charge in [-0.15, -0.1) is 0 Å². The number of hydrogen-bond donors (Lipinski definition) is 1. The summed E-state index contributed by atoms with van der Waals surface area (Å²) in [4.78, 5) is 26.9. The number of benzene rings is 2. The Morgan fingerprint density at radius 2 is 1.51 bits per heavy atom. The second kappa shape index (κ2) is 12.0. The molecule has 3 rings (SSSR count). The lowest BCUT2D eigenvalue weighted by molar-refractivity contribution is -0.151. The molecule has 1 saturated heterocycles. The number of nitrogens with zero attached hydrogens (tertiary/aromatic N) is 1. The molecule has 1 unspecified atom stereocenters. The van der Waals surface area contributed by atoms with Gasteiger partial charge in [-0.1, -0.05) is 12.1 Å². The number of amides is 1. The molecule has 1 aliphatic heterocycles. The Bertz CT molecular complexity index is 1090. The minimum Gasteiger partial charge on any atom is -0.497 e. The highest BCUT2D eigenvalue weighted by molar-refractivity contribution is 7.89. The van der Waals surface area contributed by atoms with Crippen LogP contribution in [-0.2, 0) is 24.3 Å². The lowest BCUT2D eigenvalue weighted by Gasteiger charge is -2.32. The van der Waals surface area contributed by atoms with Gasteiger partial charge in [-0.3, -0.25) is 9.59 Å². The first-order valence-corrected chi connectivity index (χ1v) is 13.0. The zero-order chi connectivity index (χ0) is 25.4. The third-order valence-electron chi connectivity index (χ3n) is 6.03. The summed E-state index contributed by atoms with van der Waals surface area (Å²) < 4.78 is 44.3. The Labute approximate surface area is 206 Å². The maximum absolute atomic E-state index is 13.1. The van der Waals surface area contributed by atoms with Crippen LogP contribution >= 0.6 is 0 Å². The van der Waals surface area contributed by atoms with E-state index in [1.807, 2.05) is 0 Å². The van der Waals surface area contributed by atoms with Gasteiger partial charge in [0.1, 0.15) is 11.5 Å². The van der Waals surface area contributed by atoms with E-state index in [4.69, 9.17) is 14.2 Å². The Morgan fingerprint density at radius 1 is 0.971 bits per heavy atom. The molecule has 1 aliphatic rings. The molecule has 1 fully saturated rings. The molecular weight excluding hydrogens is 472 g/mol. The van der Waals surface area contributed by atoms with Crippen molar-refractivity contribution < 1.29 is 32.2 Å². The van der Waals surface area contributed by atoms with Crippen molar-refractivity contribution in [3.05, 3.63) is 54.1 Å². The molecule has 35 heavy (non-hydrogen) atoms. The van der Waals surface area contributed by atoms with Crippen LogP contribution in [0.25, 0.3) is 0 Å². The number of carbonyl (C=O) groups excluding carboxylic acids is 2. The van der Waals surface area contributed by atoms with E-state index in [0.717, 1.165) is 0 Å². The molecule has 0 bridgehead atoms. The average Bonchev–Trinajstić information content (AvgIpc) is 2.88. The van der Waals surface area contributed by atoms with Gasteiger partial charge in [0.05, 0.1) is 37.7 Å². The van der Waals surface area contributed by atoms with E-state index >= 15 is 0 Å². The number of methoxy groups -OCH3 is 2. The summed E-state index contributed by atoms with van der Waals surface area (Å²) in [5.74, 6) is 0.522. The Hall–Kier alpha value is -3.11. The minimum atomic E-state index is -3.92. The van der Waals surface area contributed by atoms with Crippen LogP contribution in [-0.4, -0.2) is 59.1 Å². The molecule has 190 valence electrons. The van der Waals surface area contributed by atoms with Crippen molar-refractivity contribution >= 4 is 21.9 Å². The highest BCUT2D eigenvalue weighted by atomic mass is 32.2. The maximum atomic E-state index is 13.1. The summed E-state index contributed by atoms with van der Waals surface area (Å²) in [6.07, 6.45) is 0.983. The van der Waals surface area contributed by atoms with Crippen molar-refractivity contribution in [1.82, 2.24) is 9.62 Å². The first kappa shape index (κ1) is 26.5. The van der Waals surface area contributed by atoms with Crippen molar-refractivity contribution in [1.29, 1.82) is 0 Å². The highest BCUT2D eigenvalue weighted by Gasteiger charge is 2.31. The smallest absolute Gasteiger partial charge is 0.309 e. The third kappa shape index (κ3) is 6.95. The van der Waals surface area contributed by atoms with Crippen LogP contribution in [0.2, 0.25) is 0 Å². The third-order valence-corrected chi connectivity index (χ3v) is 7.52. The quantitative estimate of drug-likeness (QED) is 0.495. The molecule has 1 atom stereocenters. The van der Waals surface area contributed by atoms with Gasteiger partial charge in [-0.05, 0) is 61.7 Å². The predicted molar refractivity (Wildman–Crippen MR) is 130 cm³/mol. The topological polar surface area (TPSA) is 111 Å². The van der Waals surface area contributed by atoms with Crippen LogP contribution in [0.3, 0.4) is 0 Å². The van der Waals surface area contributed by atoms with E-state index in [2.05, 4.69) is 4.72 Å². The first-order valence-electron chi connectivity index (χ1n) is 11.5. The molecule has 0 radical (unpaired) electrons. The van der Waals surface area contributed by atoms with Crippen LogP contribution in [0.15, 0.2) is 53.4 Å². The highest BCUT2D eigenvalue weighted by Crippen LogP contribution is 2.26. The average molecular weight is 505 g/mol. The first-order chi connectivity index (χ1) is 16.8. The molecule has 2 aromatic carbocycles. The van der Waals surface area contributed by atoms with E-state index < -0.39 is 16.1 Å². The number of nitrogens with one attached hydrogen (secondary N) is 1. The fourth-order valence-corrected chi connectivity index (χ4v) is 5.23. The molecule has 0 spiro atoms. The van der Waals surface area contributed by atoms with Crippen molar-refractivity contribution in [3.63, 3.8) is 0 Å². The number of sulfonamides is 1. The second-order valence-electron chi connectivity index (χ2n) is 8.23. The molecule has 0 aromatic heterocycles. The fraction of sp³-hybridized carbons (Fsp3) is 0.440. The second-order valence-corrected chi connectivity index (χ2v) is 9.95. The summed E-state index contributed by atoms with van der Waals surface area (Å²) in [6, 6.07) is 12.2. The molecule has 9 nitrogen and oxygen atoms in total. The summed E-state index contributed by atoms with van der Waals surface area (Å²) in [5.41, 5.74) is 0.637. The van der Waals surface area contributed by atoms with Gasteiger partial charge in [0.15, 0.2) is 0 Å². The Balaban J connectivity index is 1.76. The van der Waals surface area contributed by atoms with Crippen LogP contribution in [0.4, 0.5) is 0 Å². The van der Waals surface area contributed by atoms with E-state index in [-0.39, 0.29) is 29.1 Å². The summed E-state index contributed by atoms with van der Waals surface area (Å²) in [5, 5.41) is 0. The van der Waals surface area contributed by atoms with E-state index in [1.165, 1.54) is 19.2 Å². The van der Waals surface area contributed by atoms with Gasteiger partial charge in [-0.25, -0.2) is 13.1 Å². The van der Waals surface area contributed by atoms with Crippen LogP contribution < -0.4 is 14.2 Å². The Morgan fingerprint density at radius 3 is 2.03 bits per heavy atom. The van der Waals surface area contributed by atoms with Gasteiger partial charge in [-0.2, -0.15) is 0 Å². The number of piperidine rings is 1.